The van der Waals surface area contributed by atoms with Crippen molar-refractivity contribution >= 4 is 53.1 Å². The van der Waals surface area contributed by atoms with Gasteiger partial charge >= 0.3 is 0 Å². The van der Waals surface area contributed by atoms with E-state index >= 15 is 0 Å². The highest BCUT2D eigenvalue weighted by molar-refractivity contribution is 7.13. The first-order valence-electron chi connectivity index (χ1n) is 8.31. The van der Waals surface area contributed by atoms with Gasteiger partial charge in [-0.2, -0.15) is 0 Å². The Balaban J connectivity index is 0.00000156. The fourth-order valence-corrected chi connectivity index (χ4v) is 4.04. The molecular formula is C16H26Cl2N4O2S. The van der Waals surface area contributed by atoms with Gasteiger partial charge < -0.3 is 15.5 Å². The van der Waals surface area contributed by atoms with Gasteiger partial charge in [0.05, 0.1) is 12.1 Å². The number of carbonyl (C=O) groups excluding carboxylic acids is 2. The summed E-state index contributed by atoms with van der Waals surface area (Å²) in [5.74, 6) is 0.0336. The van der Waals surface area contributed by atoms with E-state index in [1.165, 1.54) is 11.3 Å². The lowest BCUT2D eigenvalue weighted by molar-refractivity contribution is -0.133. The van der Waals surface area contributed by atoms with E-state index in [0.717, 1.165) is 38.0 Å². The first kappa shape index (κ1) is 22.2. The van der Waals surface area contributed by atoms with Crippen molar-refractivity contribution in [2.45, 2.75) is 51.6 Å². The van der Waals surface area contributed by atoms with Crippen molar-refractivity contribution in [1.82, 2.24) is 15.2 Å². The molecule has 2 saturated heterocycles. The number of anilines is 1. The molecule has 2 fully saturated rings. The summed E-state index contributed by atoms with van der Waals surface area (Å²) in [5.41, 5.74) is 0.746. The second-order valence-electron chi connectivity index (χ2n) is 6.64. The second kappa shape index (κ2) is 9.71. The smallest absolute Gasteiger partial charge is 0.229 e. The van der Waals surface area contributed by atoms with Gasteiger partial charge in [-0.3, -0.25) is 9.59 Å². The number of aromatic nitrogens is 1. The van der Waals surface area contributed by atoms with Crippen LogP contribution in [0.15, 0.2) is 5.38 Å². The molecule has 3 rings (SSSR count). The lowest BCUT2D eigenvalue weighted by Crippen LogP contribution is -2.43. The van der Waals surface area contributed by atoms with Crippen LogP contribution < -0.4 is 10.6 Å². The number of nitrogens with one attached hydrogen (secondary N) is 2. The number of hydrogen-bond donors (Lipinski definition) is 2. The molecule has 0 spiro atoms. The van der Waals surface area contributed by atoms with E-state index < -0.39 is 0 Å². The van der Waals surface area contributed by atoms with Crippen LogP contribution in [0.4, 0.5) is 5.13 Å². The molecule has 2 N–H and O–H groups in total. The van der Waals surface area contributed by atoms with E-state index in [0.29, 0.717) is 23.6 Å². The Labute approximate surface area is 165 Å². The highest BCUT2D eigenvalue weighted by atomic mass is 35.5. The van der Waals surface area contributed by atoms with Crippen LogP contribution in [0.5, 0.6) is 0 Å². The van der Waals surface area contributed by atoms with Crippen molar-refractivity contribution in [3.05, 3.63) is 11.1 Å². The van der Waals surface area contributed by atoms with E-state index in [1.807, 2.05) is 19.2 Å². The lowest BCUT2D eigenvalue weighted by atomic mass is 10.1. The van der Waals surface area contributed by atoms with Gasteiger partial charge in [0.1, 0.15) is 0 Å². The van der Waals surface area contributed by atoms with Crippen LogP contribution in [-0.2, 0) is 16.0 Å². The number of fused-ring (bicyclic) bond motifs is 2. The van der Waals surface area contributed by atoms with Crippen molar-refractivity contribution in [3.8, 4) is 0 Å². The highest BCUT2D eigenvalue weighted by Gasteiger charge is 2.37. The van der Waals surface area contributed by atoms with Gasteiger partial charge in [-0.1, -0.05) is 13.8 Å². The van der Waals surface area contributed by atoms with Crippen LogP contribution in [0, 0.1) is 5.92 Å². The van der Waals surface area contributed by atoms with Crippen molar-refractivity contribution in [3.63, 3.8) is 0 Å². The van der Waals surface area contributed by atoms with Gasteiger partial charge in [0.15, 0.2) is 5.13 Å². The van der Waals surface area contributed by atoms with Gasteiger partial charge in [-0.15, -0.1) is 36.2 Å². The minimum Gasteiger partial charge on any atom is -0.335 e. The SMILES string of the molecule is CC(C)C(=O)Nc1nc(CC(=O)N2C3CCNCC2CC3)cs1.Cl.Cl. The number of hydrogen-bond acceptors (Lipinski definition) is 5. The average molecular weight is 409 g/mol. The zero-order chi connectivity index (χ0) is 16.4. The van der Waals surface area contributed by atoms with Crippen LogP contribution >= 0.6 is 36.2 Å². The molecule has 0 aliphatic carbocycles. The molecule has 9 heteroatoms. The summed E-state index contributed by atoms with van der Waals surface area (Å²) in [4.78, 5) is 30.9. The van der Waals surface area contributed by atoms with Crippen LogP contribution in [0.2, 0.25) is 0 Å². The monoisotopic (exact) mass is 408 g/mol. The van der Waals surface area contributed by atoms with E-state index in [-0.39, 0.29) is 42.5 Å². The predicted molar refractivity (Wildman–Crippen MR) is 105 cm³/mol. The lowest BCUT2D eigenvalue weighted by Gasteiger charge is -2.27. The molecule has 142 valence electrons. The third-order valence-corrected chi connectivity index (χ3v) is 5.39. The Hall–Kier alpha value is -0.890. The molecule has 2 aliphatic rings. The molecule has 0 radical (unpaired) electrons. The summed E-state index contributed by atoms with van der Waals surface area (Å²) >= 11 is 1.38. The second-order valence-corrected chi connectivity index (χ2v) is 7.50. The number of nitrogens with zero attached hydrogens (tertiary/aromatic N) is 2. The molecular weight excluding hydrogens is 383 g/mol. The average Bonchev–Trinajstić information content (AvgIpc) is 3.01. The van der Waals surface area contributed by atoms with Gasteiger partial charge in [0.2, 0.25) is 11.8 Å². The van der Waals surface area contributed by atoms with Gasteiger partial charge in [0, 0.05) is 29.9 Å². The van der Waals surface area contributed by atoms with Crippen LogP contribution in [0.1, 0.15) is 38.8 Å². The molecule has 2 unspecified atom stereocenters. The molecule has 2 bridgehead atoms. The largest absolute Gasteiger partial charge is 0.335 e. The molecule has 1 aromatic heterocycles. The molecule has 25 heavy (non-hydrogen) atoms. The Bertz CT molecular complexity index is 582. The fourth-order valence-electron chi connectivity index (χ4n) is 3.33. The maximum atomic E-state index is 12.7. The number of rotatable bonds is 4. The molecule has 6 nitrogen and oxygen atoms in total. The quantitative estimate of drug-likeness (QED) is 0.802. The highest BCUT2D eigenvalue weighted by Crippen LogP contribution is 2.29. The summed E-state index contributed by atoms with van der Waals surface area (Å²) in [5, 5.41) is 8.64. The predicted octanol–water partition coefficient (Wildman–Crippen LogP) is 2.48. The zero-order valence-electron chi connectivity index (χ0n) is 14.5. The van der Waals surface area contributed by atoms with Crippen LogP contribution in [0.25, 0.3) is 0 Å². The standard InChI is InChI=1S/C16H24N4O2S.2ClH/c1-10(2)15(22)19-16-18-11(9-23-16)7-14(21)20-12-3-4-13(20)8-17-6-5-12;;/h9-10,12-13,17H,3-8H2,1-2H3,(H,18,19,22);2*1H. The van der Waals surface area contributed by atoms with Crippen LogP contribution in [-0.4, -0.2) is 46.9 Å². The molecule has 0 saturated carbocycles. The van der Waals surface area contributed by atoms with E-state index in [1.54, 1.807) is 0 Å². The zero-order valence-corrected chi connectivity index (χ0v) is 16.9. The van der Waals surface area contributed by atoms with Crippen molar-refractivity contribution in [1.29, 1.82) is 0 Å². The van der Waals surface area contributed by atoms with Crippen molar-refractivity contribution < 1.29 is 9.59 Å². The molecule has 2 aliphatic heterocycles. The van der Waals surface area contributed by atoms with Crippen LogP contribution in [0.3, 0.4) is 0 Å². The molecule has 2 atom stereocenters. The van der Waals surface area contributed by atoms with Crippen molar-refractivity contribution in [2.24, 2.45) is 5.92 Å². The number of amides is 2. The normalized spacial score (nSPS) is 22.0. The van der Waals surface area contributed by atoms with Crippen molar-refractivity contribution in [2.75, 3.05) is 18.4 Å². The Morgan fingerprint density at radius 3 is 2.76 bits per heavy atom. The number of halogens is 2. The van der Waals surface area contributed by atoms with E-state index in [4.69, 9.17) is 0 Å². The summed E-state index contributed by atoms with van der Waals surface area (Å²) in [6.07, 6.45) is 3.57. The topological polar surface area (TPSA) is 74.3 Å². The maximum Gasteiger partial charge on any atom is 0.229 e. The van der Waals surface area contributed by atoms with Gasteiger partial charge in [-0.25, -0.2) is 4.98 Å². The molecule has 3 heterocycles. The Kier molecular flexibility index (Phi) is 8.60. The number of carbonyl (C=O) groups is 2. The first-order valence-corrected chi connectivity index (χ1v) is 9.19. The third-order valence-electron chi connectivity index (χ3n) is 4.58. The van der Waals surface area contributed by atoms with Gasteiger partial charge in [-0.05, 0) is 25.8 Å². The molecule has 2 amide bonds. The molecule has 1 aromatic rings. The minimum atomic E-state index is -0.0794. The summed E-state index contributed by atoms with van der Waals surface area (Å²) in [6.45, 7) is 5.58. The van der Waals surface area contributed by atoms with E-state index in [9.17, 15) is 9.59 Å². The summed E-state index contributed by atoms with van der Waals surface area (Å²) in [7, 11) is 0. The third kappa shape index (κ3) is 5.29. The van der Waals surface area contributed by atoms with Gasteiger partial charge in [0.25, 0.3) is 0 Å². The Morgan fingerprint density at radius 2 is 2.04 bits per heavy atom. The Morgan fingerprint density at radius 1 is 1.32 bits per heavy atom. The minimum absolute atomic E-state index is 0. The molecule has 0 aromatic carbocycles. The first-order chi connectivity index (χ1) is 11.0. The fraction of sp³-hybridized carbons (Fsp3) is 0.688. The maximum absolute atomic E-state index is 12.7. The summed E-state index contributed by atoms with van der Waals surface area (Å²) in [6, 6.07) is 0.704. The van der Waals surface area contributed by atoms with E-state index in [2.05, 4.69) is 20.5 Å². The summed E-state index contributed by atoms with van der Waals surface area (Å²) < 4.78 is 0. The number of thiazole rings is 1.